The second kappa shape index (κ2) is 11.2. The maximum atomic E-state index is 13.0. The van der Waals surface area contributed by atoms with Crippen molar-refractivity contribution in [3.05, 3.63) is 58.5 Å². The van der Waals surface area contributed by atoms with Crippen molar-refractivity contribution in [1.29, 1.82) is 0 Å². The summed E-state index contributed by atoms with van der Waals surface area (Å²) in [5, 5.41) is 0. The molecule has 1 aliphatic rings. The van der Waals surface area contributed by atoms with Crippen LogP contribution in [0.2, 0.25) is 0 Å². The second-order valence-electron chi connectivity index (χ2n) is 6.90. The molecule has 2 aromatic carbocycles. The topological polar surface area (TPSA) is 65.1 Å². The Hall–Kier alpha value is -2.84. The summed E-state index contributed by atoms with van der Waals surface area (Å²) in [6.07, 6.45) is 3.80. The van der Waals surface area contributed by atoms with Crippen molar-refractivity contribution in [3.63, 3.8) is 0 Å². The van der Waals surface area contributed by atoms with Gasteiger partial charge in [-0.25, -0.2) is 4.79 Å². The van der Waals surface area contributed by atoms with Crippen LogP contribution in [0.3, 0.4) is 0 Å². The molecule has 1 saturated heterocycles. The van der Waals surface area contributed by atoms with E-state index < -0.39 is 5.97 Å². The number of thiocarbonyl (C=S) groups is 1. The highest BCUT2D eigenvalue weighted by atomic mass is 32.2. The van der Waals surface area contributed by atoms with E-state index in [-0.39, 0.29) is 5.91 Å². The van der Waals surface area contributed by atoms with Gasteiger partial charge in [0, 0.05) is 0 Å². The first-order chi connectivity index (χ1) is 15.5. The minimum atomic E-state index is -0.402. The molecule has 0 saturated carbocycles. The minimum Gasteiger partial charge on any atom is -0.493 e. The van der Waals surface area contributed by atoms with Crippen LogP contribution in [-0.4, -0.2) is 36.5 Å². The average Bonchev–Trinajstić information content (AvgIpc) is 3.07. The predicted octanol–water partition coefficient (Wildman–Crippen LogP) is 5.46. The molecule has 0 radical (unpaired) electrons. The van der Waals surface area contributed by atoms with Crippen molar-refractivity contribution >= 4 is 51.9 Å². The van der Waals surface area contributed by atoms with Crippen molar-refractivity contribution in [3.8, 4) is 11.5 Å². The van der Waals surface area contributed by atoms with Crippen molar-refractivity contribution in [2.45, 2.75) is 26.7 Å². The molecular weight excluding hydrogens is 446 g/mol. The first-order valence-corrected chi connectivity index (χ1v) is 11.6. The number of hydrogen-bond acceptors (Lipinski definition) is 7. The van der Waals surface area contributed by atoms with Crippen molar-refractivity contribution in [1.82, 2.24) is 0 Å². The molecule has 0 aliphatic carbocycles. The van der Waals surface area contributed by atoms with E-state index in [1.54, 1.807) is 44.4 Å². The first kappa shape index (κ1) is 23.8. The van der Waals surface area contributed by atoms with Crippen LogP contribution in [-0.2, 0) is 9.53 Å². The average molecular weight is 472 g/mol. The van der Waals surface area contributed by atoms with Gasteiger partial charge in [0.25, 0.3) is 5.91 Å². The molecule has 0 unspecified atom stereocenters. The fraction of sp³-hybridized carbons (Fsp3) is 0.292. The summed E-state index contributed by atoms with van der Waals surface area (Å²) in [5.74, 6) is 0.666. The Morgan fingerprint density at radius 2 is 1.88 bits per heavy atom. The monoisotopic (exact) mass is 471 g/mol. The van der Waals surface area contributed by atoms with Gasteiger partial charge in [-0.3, -0.25) is 9.69 Å². The zero-order valence-electron chi connectivity index (χ0n) is 18.3. The Labute approximate surface area is 197 Å². The normalized spacial score (nSPS) is 14.7. The van der Waals surface area contributed by atoms with Gasteiger partial charge in [0.1, 0.15) is 0 Å². The van der Waals surface area contributed by atoms with Gasteiger partial charge < -0.3 is 14.2 Å². The van der Waals surface area contributed by atoms with Crippen LogP contribution in [0.25, 0.3) is 6.08 Å². The predicted molar refractivity (Wildman–Crippen MR) is 131 cm³/mol. The van der Waals surface area contributed by atoms with Gasteiger partial charge >= 0.3 is 5.97 Å². The van der Waals surface area contributed by atoms with Crippen LogP contribution in [0.1, 0.15) is 42.6 Å². The lowest BCUT2D eigenvalue weighted by Crippen LogP contribution is -2.27. The third kappa shape index (κ3) is 5.49. The largest absolute Gasteiger partial charge is 0.493 e. The van der Waals surface area contributed by atoms with E-state index >= 15 is 0 Å². The summed E-state index contributed by atoms with van der Waals surface area (Å²) < 4.78 is 16.6. The molecule has 1 fully saturated rings. The lowest BCUT2D eigenvalue weighted by molar-refractivity contribution is -0.113. The summed E-state index contributed by atoms with van der Waals surface area (Å²) in [6.45, 7) is 4.78. The summed E-state index contributed by atoms with van der Waals surface area (Å²) >= 11 is 6.67. The van der Waals surface area contributed by atoms with Crippen LogP contribution < -0.4 is 14.4 Å². The highest BCUT2D eigenvalue weighted by Gasteiger charge is 2.33. The van der Waals surface area contributed by atoms with Crippen LogP contribution in [0.4, 0.5) is 5.69 Å². The zero-order valence-corrected chi connectivity index (χ0v) is 19.9. The fourth-order valence-corrected chi connectivity index (χ4v) is 4.32. The maximum absolute atomic E-state index is 13.0. The van der Waals surface area contributed by atoms with E-state index in [2.05, 4.69) is 6.92 Å². The molecule has 1 amide bonds. The number of methoxy groups -OCH3 is 1. The Balaban J connectivity index is 1.78. The van der Waals surface area contributed by atoms with E-state index in [1.807, 2.05) is 18.2 Å². The smallest absolute Gasteiger partial charge is 0.338 e. The molecule has 0 atom stereocenters. The molecule has 6 nitrogen and oxygen atoms in total. The van der Waals surface area contributed by atoms with Crippen molar-refractivity contribution < 1.29 is 23.8 Å². The number of rotatable bonds is 9. The number of nitrogens with zero attached hydrogens (tertiary/aromatic N) is 1. The number of carbonyl (C=O) groups excluding carboxylic acids is 2. The summed E-state index contributed by atoms with van der Waals surface area (Å²) in [7, 11) is 1.59. The molecule has 2 aromatic rings. The maximum Gasteiger partial charge on any atom is 0.338 e. The third-order valence-electron chi connectivity index (χ3n) is 4.67. The number of carbonyl (C=O) groups is 2. The Morgan fingerprint density at radius 3 is 2.53 bits per heavy atom. The fourth-order valence-electron chi connectivity index (χ4n) is 3.02. The molecule has 0 aromatic heterocycles. The zero-order chi connectivity index (χ0) is 23.1. The second-order valence-corrected chi connectivity index (χ2v) is 8.57. The van der Waals surface area contributed by atoms with Gasteiger partial charge in [-0.1, -0.05) is 43.4 Å². The number of unbranched alkanes of at least 4 members (excludes halogenated alkanes) is 1. The highest BCUT2D eigenvalue weighted by molar-refractivity contribution is 8.27. The van der Waals surface area contributed by atoms with Crippen molar-refractivity contribution in [2.75, 3.05) is 25.2 Å². The lowest BCUT2D eigenvalue weighted by Gasteiger charge is -2.14. The van der Waals surface area contributed by atoms with E-state index in [1.165, 1.54) is 16.7 Å². The Bertz CT molecular complexity index is 1030. The molecule has 3 rings (SSSR count). The Morgan fingerprint density at radius 1 is 1.12 bits per heavy atom. The number of hydrogen-bond donors (Lipinski definition) is 0. The number of ether oxygens (including phenoxy) is 3. The molecule has 168 valence electrons. The molecule has 0 bridgehead atoms. The van der Waals surface area contributed by atoms with Gasteiger partial charge in [0.2, 0.25) is 0 Å². The number of benzene rings is 2. The highest BCUT2D eigenvalue weighted by Crippen LogP contribution is 2.37. The number of amides is 1. The molecular formula is C24H25NO5S2. The minimum absolute atomic E-state index is 0.217. The molecule has 0 spiro atoms. The standard InChI is InChI=1S/C24H25NO5S2/c1-4-6-13-30-19-12-7-16(14-20(19)28-3)15-21-22(26)25(24(31)32-21)18-10-8-17(9-11-18)23(27)29-5-2/h7-12,14-15H,4-6,13H2,1-3H3/b21-15-. The van der Waals surface area contributed by atoms with Gasteiger partial charge in [-0.05, 0) is 61.4 Å². The summed E-state index contributed by atoms with van der Waals surface area (Å²) in [6, 6.07) is 12.2. The van der Waals surface area contributed by atoms with E-state index in [9.17, 15) is 9.59 Å². The number of thioether (sulfide) groups is 1. The number of esters is 1. The molecule has 0 N–H and O–H groups in total. The van der Waals surface area contributed by atoms with Crippen LogP contribution in [0.5, 0.6) is 11.5 Å². The first-order valence-electron chi connectivity index (χ1n) is 10.3. The number of anilines is 1. The molecule has 1 heterocycles. The van der Waals surface area contributed by atoms with Gasteiger partial charge in [0.15, 0.2) is 15.8 Å². The summed E-state index contributed by atoms with van der Waals surface area (Å²) in [5.41, 5.74) is 1.83. The molecule has 8 heteroatoms. The van der Waals surface area contributed by atoms with E-state index in [0.29, 0.717) is 45.2 Å². The quantitative estimate of drug-likeness (QED) is 0.208. The summed E-state index contributed by atoms with van der Waals surface area (Å²) in [4.78, 5) is 26.9. The SMILES string of the molecule is CCCCOc1ccc(/C=C2\SC(=S)N(c3ccc(C(=O)OCC)cc3)C2=O)cc1OC. The van der Waals surface area contributed by atoms with Crippen LogP contribution in [0, 0.1) is 0 Å². The van der Waals surface area contributed by atoms with Crippen molar-refractivity contribution in [2.24, 2.45) is 0 Å². The van der Waals surface area contributed by atoms with E-state index in [4.69, 9.17) is 26.4 Å². The van der Waals surface area contributed by atoms with Gasteiger partial charge in [0.05, 0.1) is 36.5 Å². The van der Waals surface area contributed by atoms with Crippen LogP contribution >= 0.6 is 24.0 Å². The van der Waals surface area contributed by atoms with Crippen LogP contribution in [0.15, 0.2) is 47.4 Å². The molecule has 1 aliphatic heterocycles. The lowest BCUT2D eigenvalue weighted by atomic mass is 10.1. The Kier molecular flexibility index (Phi) is 8.30. The van der Waals surface area contributed by atoms with E-state index in [0.717, 1.165) is 18.4 Å². The van der Waals surface area contributed by atoms with Gasteiger partial charge in [-0.2, -0.15) is 0 Å². The van der Waals surface area contributed by atoms with Gasteiger partial charge in [-0.15, -0.1) is 0 Å². The third-order valence-corrected chi connectivity index (χ3v) is 5.97. The molecule has 32 heavy (non-hydrogen) atoms.